The predicted molar refractivity (Wildman–Crippen MR) is 153 cm³/mol. The lowest BCUT2D eigenvalue weighted by molar-refractivity contribution is 0.245. The van der Waals surface area contributed by atoms with E-state index in [9.17, 15) is 5.11 Å². The van der Waals surface area contributed by atoms with Crippen molar-refractivity contribution in [3.63, 3.8) is 0 Å². The number of likely N-dealkylation sites (N-methyl/N-ethyl adjacent to an activating group) is 1. The van der Waals surface area contributed by atoms with Crippen LogP contribution in [0.25, 0.3) is 29.6 Å². The van der Waals surface area contributed by atoms with Gasteiger partial charge in [0.25, 0.3) is 0 Å². The number of hydrogen-bond donors (Lipinski definition) is 2. The molecule has 0 aliphatic carbocycles. The van der Waals surface area contributed by atoms with Crippen molar-refractivity contribution in [2.75, 3.05) is 50.1 Å². The van der Waals surface area contributed by atoms with Crippen molar-refractivity contribution >= 4 is 53.0 Å². The van der Waals surface area contributed by atoms with E-state index in [1.54, 1.807) is 12.1 Å². The number of benzene rings is 2. The lowest BCUT2D eigenvalue weighted by atomic mass is 10.1. The van der Waals surface area contributed by atoms with Crippen LogP contribution in [-0.2, 0) is 0 Å². The average molecular weight is 535 g/mol. The van der Waals surface area contributed by atoms with E-state index < -0.39 is 5.82 Å². The Morgan fingerprint density at radius 3 is 2.53 bits per heavy atom. The van der Waals surface area contributed by atoms with Crippen molar-refractivity contribution in [1.29, 1.82) is 0 Å². The molecule has 2 bridgehead atoms. The normalized spacial score (nSPS) is 22.6. The molecule has 0 amide bonds. The predicted octanol–water partition coefficient (Wildman–Crippen LogP) is 2.90. The molecule has 7 nitrogen and oxygen atoms in total. The number of hydrogen-bond acceptors (Lipinski definition) is 7. The van der Waals surface area contributed by atoms with Gasteiger partial charge in [-0.25, -0.2) is 9.37 Å². The maximum Gasteiger partial charge on any atom is 0.228 e. The molecule has 2 atom stereocenters. The number of piperazine rings is 1. The standard InChI is InChI=1S/C29H32ClFN6O/c1-17-6-4-5-7-18(17)10-22(38)11-23-25(30)12-24-27(26(23)31)33-29(37-15-21(16-37)35(2)3)34-28(24)36-13-19-8-9-20(14-36)32-19/h4-7,10-12,19-21,32,38H,1,8-9,13-16H2,2-3H3/b18-10-,22-11-. The lowest BCUT2D eigenvalue weighted by Crippen LogP contribution is -2.58. The fourth-order valence-corrected chi connectivity index (χ4v) is 5.88. The highest BCUT2D eigenvalue weighted by molar-refractivity contribution is 6.33. The summed E-state index contributed by atoms with van der Waals surface area (Å²) in [7, 11) is 4.12. The highest BCUT2D eigenvalue weighted by Crippen LogP contribution is 2.37. The van der Waals surface area contributed by atoms with Gasteiger partial charge in [0.15, 0.2) is 5.82 Å². The van der Waals surface area contributed by atoms with Crippen molar-refractivity contribution in [3.8, 4) is 0 Å². The van der Waals surface area contributed by atoms with Crippen LogP contribution >= 0.6 is 11.6 Å². The molecule has 198 valence electrons. The minimum Gasteiger partial charge on any atom is -0.508 e. The molecular formula is C29H32ClFN6O. The zero-order valence-corrected chi connectivity index (χ0v) is 22.4. The van der Waals surface area contributed by atoms with Gasteiger partial charge >= 0.3 is 0 Å². The Balaban J connectivity index is 1.46. The summed E-state index contributed by atoms with van der Waals surface area (Å²) in [5.41, 5.74) is 0.311. The van der Waals surface area contributed by atoms with Crippen LogP contribution in [-0.4, -0.2) is 78.4 Å². The first-order valence-electron chi connectivity index (χ1n) is 13.1. The van der Waals surface area contributed by atoms with E-state index in [-0.39, 0.29) is 21.9 Å². The molecule has 3 aliphatic heterocycles. The van der Waals surface area contributed by atoms with Crippen LogP contribution in [0.2, 0.25) is 5.02 Å². The topological polar surface area (TPSA) is 67.8 Å². The van der Waals surface area contributed by atoms with Crippen LogP contribution in [0.5, 0.6) is 0 Å². The number of nitrogens with zero attached hydrogens (tertiary/aromatic N) is 5. The second-order valence-electron chi connectivity index (χ2n) is 10.8. The number of fused-ring (bicyclic) bond motifs is 3. The Labute approximate surface area is 226 Å². The summed E-state index contributed by atoms with van der Waals surface area (Å²) in [5, 5.41) is 16.6. The number of aromatic nitrogens is 2. The van der Waals surface area contributed by atoms with Crippen LogP contribution in [0.4, 0.5) is 16.2 Å². The Morgan fingerprint density at radius 1 is 1.13 bits per heavy atom. The monoisotopic (exact) mass is 534 g/mol. The smallest absolute Gasteiger partial charge is 0.228 e. The van der Waals surface area contributed by atoms with E-state index in [2.05, 4.69) is 40.7 Å². The number of anilines is 2. The first-order valence-corrected chi connectivity index (χ1v) is 13.4. The van der Waals surface area contributed by atoms with Gasteiger partial charge in [0.1, 0.15) is 17.1 Å². The van der Waals surface area contributed by atoms with Gasteiger partial charge in [0.2, 0.25) is 5.95 Å². The number of nitrogens with one attached hydrogen (secondary N) is 1. The largest absolute Gasteiger partial charge is 0.508 e. The molecule has 9 heteroatoms. The third kappa shape index (κ3) is 4.61. The van der Waals surface area contributed by atoms with Gasteiger partial charge in [-0.3, -0.25) is 0 Å². The molecule has 2 aromatic carbocycles. The van der Waals surface area contributed by atoms with Gasteiger partial charge in [0, 0.05) is 55.3 Å². The van der Waals surface area contributed by atoms with Gasteiger partial charge in [-0.05, 0) is 55.6 Å². The summed E-state index contributed by atoms with van der Waals surface area (Å²) in [6.07, 6.45) is 5.16. The number of rotatable bonds is 5. The maximum absolute atomic E-state index is 16.2. The van der Waals surface area contributed by atoms with E-state index in [1.165, 1.54) is 6.08 Å². The molecule has 2 unspecified atom stereocenters. The fraction of sp³-hybridized carbons (Fsp3) is 0.379. The average Bonchev–Trinajstić information content (AvgIpc) is 3.19. The first kappa shape index (κ1) is 25.1. The van der Waals surface area contributed by atoms with Crippen molar-refractivity contribution in [3.05, 3.63) is 62.9 Å². The van der Waals surface area contributed by atoms with Crippen LogP contribution in [0.15, 0.2) is 36.1 Å². The van der Waals surface area contributed by atoms with Crippen LogP contribution in [0.3, 0.4) is 0 Å². The second-order valence-corrected chi connectivity index (χ2v) is 11.2. The van der Waals surface area contributed by atoms with Gasteiger partial charge in [-0.2, -0.15) is 4.98 Å². The summed E-state index contributed by atoms with van der Waals surface area (Å²) in [6.45, 7) is 7.17. The molecule has 3 saturated heterocycles. The van der Waals surface area contributed by atoms with Crippen LogP contribution < -0.4 is 25.6 Å². The third-order valence-electron chi connectivity index (χ3n) is 7.93. The van der Waals surface area contributed by atoms with E-state index >= 15 is 4.39 Å². The molecule has 3 aromatic rings. The number of aliphatic hydroxyl groups is 1. The summed E-state index contributed by atoms with van der Waals surface area (Å²) in [5.74, 6) is 0.554. The zero-order chi connectivity index (χ0) is 26.6. The highest BCUT2D eigenvalue weighted by Gasteiger charge is 2.36. The van der Waals surface area contributed by atoms with Gasteiger partial charge in [0.05, 0.1) is 5.02 Å². The second kappa shape index (κ2) is 9.84. The number of aliphatic hydroxyl groups excluding tert-OH is 1. The molecule has 38 heavy (non-hydrogen) atoms. The molecule has 3 aliphatic rings. The van der Waals surface area contributed by atoms with Gasteiger partial charge in [-0.1, -0.05) is 42.4 Å². The Hall–Kier alpha value is -3.20. The third-order valence-corrected chi connectivity index (χ3v) is 8.24. The van der Waals surface area contributed by atoms with Crippen molar-refractivity contribution in [2.24, 2.45) is 0 Å². The Kier molecular flexibility index (Phi) is 6.50. The molecule has 2 N–H and O–H groups in total. The zero-order valence-electron chi connectivity index (χ0n) is 21.7. The SMILES string of the molecule is C=c1cccc/c1=C/C(O)=C/c1c(Cl)cc2c(N3CC4CCC(C3)N4)nc(N3CC(N(C)C)C3)nc2c1F. The lowest BCUT2D eigenvalue weighted by Gasteiger charge is -2.43. The molecule has 6 rings (SSSR count). The maximum atomic E-state index is 16.2. The number of halogens is 2. The minimum atomic E-state index is -0.567. The van der Waals surface area contributed by atoms with Crippen LogP contribution in [0, 0.1) is 5.82 Å². The van der Waals surface area contributed by atoms with Gasteiger partial charge < -0.3 is 25.1 Å². The summed E-state index contributed by atoms with van der Waals surface area (Å²) in [6, 6.07) is 10.4. The molecule has 0 spiro atoms. The summed E-state index contributed by atoms with van der Waals surface area (Å²) >= 11 is 6.64. The summed E-state index contributed by atoms with van der Waals surface area (Å²) in [4.78, 5) is 16.2. The van der Waals surface area contributed by atoms with E-state index in [0.29, 0.717) is 29.5 Å². The van der Waals surface area contributed by atoms with Gasteiger partial charge in [-0.15, -0.1) is 0 Å². The van der Waals surface area contributed by atoms with Crippen LogP contribution in [0.1, 0.15) is 18.4 Å². The highest BCUT2D eigenvalue weighted by atomic mass is 35.5. The van der Waals surface area contributed by atoms with Crippen molar-refractivity contribution in [2.45, 2.75) is 31.0 Å². The molecular weight excluding hydrogens is 503 g/mol. The molecule has 4 heterocycles. The quantitative estimate of drug-likeness (QED) is 0.488. The molecule has 0 radical (unpaired) electrons. The molecule has 1 aromatic heterocycles. The van der Waals surface area contributed by atoms with E-state index in [0.717, 1.165) is 55.3 Å². The summed E-state index contributed by atoms with van der Waals surface area (Å²) < 4.78 is 16.2. The van der Waals surface area contributed by atoms with E-state index in [1.807, 2.05) is 24.3 Å². The molecule has 3 fully saturated rings. The first-order chi connectivity index (χ1) is 18.3. The van der Waals surface area contributed by atoms with Crippen molar-refractivity contribution in [1.82, 2.24) is 20.2 Å². The Bertz CT molecular complexity index is 1520. The van der Waals surface area contributed by atoms with Crippen molar-refractivity contribution < 1.29 is 9.50 Å². The van der Waals surface area contributed by atoms with E-state index in [4.69, 9.17) is 21.6 Å². The fourth-order valence-electron chi connectivity index (χ4n) is 5.64. The number of allylic oxidation sites excluding steroid dienone is 1. The molecule has 0 saturated carbocycles. The minimum absolute atomic E-state index is 0.0974. The Morgan fingerprint density at radius 2 is 1.84 bits per heavy atom.